The number of ether oxygens (including phenoxy) is 1. The first-order valence-corrected chi connectivity index (χ1v) is 6.28. The van der Waals surface area contributed by atoms with Gasteiger partial charge in [0.05, 0.1) is 16.9 Å². The average Bonchev–Trinajstić information content (AvgIpc) is 2.77. The van der Waals surface area contributed by atoms with Crippen LogP contribution in [0.1, 0.15) is 19.9 Å². The summed E-state index contributed by atoms with van der Waals surface area (Å²) in [4.78, 5) is 14.0. The predicted molar refractivity (Wildman–Crippen MR) is 71.3 cm³/mol. The first kappa shape index (κ1) is 13.5. The SMILES string of the molecule is CC(C)n1cc(Oc2cc(Br)cnc2[N+](=O)[O-])cn1. The van der Waals surface area contributed by atoms with Gasteiger partial charge < -0.3 is 14.9 Å². The van der Waals surface area contributed by atoms with Crippen molar-refractivity contribution in [2.24, 2.45) is 0 Å². The zero-order chi connectivity index (χ0) is 14.0. The van der Waals surface area contributed by atoms with Gasteiger partial charge in [0.15, 0.2) is 11.9 Å². The molecule has 2 rings (SSSR count). The van der Waals surface area contributed by atoms with Crippen LogP contribution in [0.25, 0.3) is 0 Å². The third-order valence-electron chi connectivity index (χ3n) is 2.31. The van der Waals surface area contributed by atoms with E-state index in [-0.39, 0.29) is 17.6 Å². The highest BCUT2D eigenvalue weighted by Gasteiger charge is 2.18. The van der Waals surface area contributed by atoms with Crippen LogP contribution in [-0.2, 0) is 0 Å². The van der Waals surface area contributed by atoms with Crippen molar-refractivity contribution in [3.05, 3.63) is 39.2 Å². The van der Waals surface area contributed by atoms with Crippen molar-refractivity contribution in [3.63, 3.8) is 0 Å². The molecule has 2 heterocycles. The number of nitrogens with zero attached hydrogens (tertiary/aromatic N) is 4. The molecule has 0 spiro atoms. The van der Waals surface area contributed by atoms with E-state index in [0.717, 1.165) is 0 Å². The molecule has 2 aromatic heterocycles. The van der Waals surface area contributed by atoms with Crippen molar-refractivity contribution in [1.29, 1.82) is 0 Å². The van der Waals surface area contributed by atoms with E-state index >= 15 is 0 Å². The summed E-state index contributed by atoms with van der Waals surface area (Å²) in [6.07, 6.45) is 4.53. The lowest BCUT2D eigenvalue weighted by atomic mass is 10.4. The normalized spacial score (nSPS) is 10.7. The van der Waals surface area contributed by atoms with Gasteiger partial charge in [-0.2, -0.15) is 5.10 Å². The quantitative estimate of drug-likeness (QED) is 0.635. The molecular weight excluding hydrogens is 316 g/mol. The Bertz CT molecular complexity index is 612. The largest absolute Gasteiger partial charge is 0.445 e. The predicted octanol–water partition coefficient (Wildman–Crippen LogP) is 3.32. The Kier molecular flexibility index (Phi) is 3.79. The van der Waals surface area contributed by atoms with Gasteiger partial charge in [-0.3, -0.25) is 4.68 Å². The molecule has 0 aliphatic carbocycles. The zero-order valence-corrected chi connectivity index (χ0v) is 11.9. The van der Waals surface area contributed by atoms with Gasteiger partial charge in [0.25, 0.3) is 0 Å². The third-order valence-corrected chi connectivity index (χ3v) is 2.74. The van der Waals surface area contributed by atoms with E-state index in [1.54, 1.807) is 10.9 Å². The van der Waals surface area contributed by atoms with Crippen LogP contribution in [0.15, 0.2) is 29.1 Å². The van der Waals surface area contributed by atoms with E-state index < -0.39 is 4.92 Å². The second kappa shape index (κ2) is 5.35. The Hall–Kier alpha value is -1.96. The molecule has 0 fully saturated rings. The fraction of sp³-hybridized carbons (Fsp3) is 0.273. The lowest BCUT2D eigenvalue weighted by Crippen LogP contribution is -2.00. The molecule has 8 heteroatoms. The lowest BCUT2D eigenvalue weighted by molar-refractivity contribution is -0.390. The van der Waals surface area contributed by atoms with Crippen LogP contribution in [-0.4, -0.2) is 19.7 Å². The van der Waals surface area contributed by atoms with Crippen LogP contribution >= 0.6 is 15.9 Å². The summed E-state index contributed by atoms with van der Waals surface area (Å²) in [5, 5.41) is 15.0. The molecule has 0 N–H and O–H groups in total. The summed E-state index contributed by atoms with van der Waals surface area (Å²) in [7, 11) is 0. The number of hydrogen-bond acceptors (Lipinski definition) is 5. The highest BCUT2D eigenvalue weighted by molar-refractivity contribution is 9.10. The number of halogens is 1. The van der Waals surface area contributed by atoms with Gasteiger partial charge in [-0.05, 0) is 39.7 Å². The number of aromatic nitrogens is 3. The molecule has 100 valence electrons. The molecule has 7 nitrogen and oxygen atoms in total. The zero-order valence-electron chi connectivity index (χ0n) is 10.3. The summed E-state index contributed by atoms with van der Waals surface area (Å²) >= 11 is 3.20. The maximum atomic E-state index is 10.9. The van der Waals surface area contributed by atoms with Crippen LogP contribution < -0.4 is 4.74 Å². The number of nitro groups is 1. The molecule has 0 aliphatic rings. The lowest BCUT2D eigenvalue weighted by Gasteiger charge is -2.04. The van der Waals surface area contributed by atoms with Crippen molar-refractivity contribution >= 4 is 21.7 Å². The highest BCUT2D eigenvalue weighted by Crippen LogP contribution is 2.31. The van der Waals surface area contributed by atoms with Crippen molar-refractivity contribution in [2.45, 2.75) is 19.9 Å². The number of rotatable bonds is 4. The van der Waals surface area contributed by atoms with Crippen LogP contribution in [0.2, 0.25) is 0 Å². The standard InChI is InChI=1S/C11H11BrN4O3/c1-7(2)15-6-9(5-14-15)19-10-3-8(12)4-13-11(10)16(17)18/h3-7H,1-2H3. The molecule has 0 bridgehead atoms. The third kappa shape index (κ3) is 3.08. The van der Waals surface area contributed by atoms with Gasteiger partial charge in [0.2, 0.25) is 5.75 Å². The topological polar surface area (TPSA) is 83.1 Å². The first-order chi connectivity index (χ1) is 8.97. The van der Waals surface area contributed by atoms with Gasteiger partial charge in [0, 0.05) is 12.1 Å². The molecule has 0 saturated heterocycles. The Morgan fingerprint density at radius 2 is 2.21 bits per heavy atom. The summed E-state index contributed by atoms with van der Waals surface area (Å²) < 4.78 is 7.77. The molecule has 0 aliphatic heterocycles. The smallest absolute Gasteiger partial charge is 0.406 e. The number of hydrogen-bond donors (Lipinski definition) is 0. The van der Waals surface area contributed by atoms with Gasteiger partial charge >= 0.3 is 5.82 Å². The molecule has 0 atom stereocenters. The van der Waals surface area contributed by atoms with Crippen LogP contribution in [0.3, 0.4) is 0 Å². The van der Waals surface area contributed by atoms with Gasteiger partial charge in [0.1, 0.15) is 0 Å². The Morgan fingerprint density at radius 3 is 2.79 bits per heavy atom. The molecule has 0 amide bonds. The fourth-order valence-corrected chi connectivity index (χ4v) is 1.72. The molecule has 2 aromatic rings. The maximum Gasteiger partial charge on any atom is 0.406 e. The summed E-state index contributed by atoms with van der Waals surface area (Å²) in [6, 6.07) is 1.69. The summed E-state index contributed by atoms with van der Waals surface area (Å²) in [5.41, 5.74) is 0. The van der Waals surface area contributed by atoms with Crippen LogP contribution in [0.4, 0.5) is 5.82 Å². The second-order valence-corrected chi connectivity index (χ2v) is 5.00. The average molecular weight is 327 g/mol. The highest BCUT2D eigenvalue weighted by atomic mass is 79.9. The molecule has 0 saturated carbocycles. The Balaban J connectivity index is 2.31. The Morgan fingerprint density at radius 1 is 1.47 bits per heavy atom. The first-order valence-electron chi connectivity index (χ1n) is 5.49. The van der Waals surface area contributed by atoms with E-state index in [0.29, 0.717) is 10.2 Å². The molecule has 0 unspecified atom stereocenters. The van der Waals surface area contributed by atoms with Gasteiger partial charge in [-0.15, -0.1) is 0 Å². The molecule has 0 radical (unpaired) electrons. The van der Waals surface area contributed by atoms with E-state index in [1.807, 2.05) is 13.8 Å². The van der Waals surface area contributed by atoms with E-state index in [4.69, 9.17) is 4.74 Å². The molecule has 0 aromatic carbocycles. The van der Waals surface area contributed by atoms with E-state index in [2.05, 4.69) is 26.0 Å². The van der Waals surface area contributed by atoms with Gasteiger partial charge in [-0.25, -0.2) is 0 Å². The van der Waals surface area contributed by atoms with Crippen molar-refractivity contribution in [1.82, 2.24) is 14.8 Å². The minimum Gasteiger partial charge on any atom is -0.445 e. The van der Waals surface area contributed by atoms with Gasteiger partial charge in [-0.1, -0.05) is 0 Å². The van der Waals surface area contributed by atoms with E-state index in [1.165, 1.54) is 18.5 Å². The minimum absolute atomic E-state index is 0.0719. The second-order valence-electron chi connectivity index (χ2n) is 4.08. The Labute approximate surface area is 117 Å². The number of pyridine rings is 1. The summed E-state index contributed by atoms with van der Waals surface area (Å²) in [6.45, 7) is 3.94. The monoisotopic (exact) mass is 326 g/mol. The molecular formula is C11H11BrN4O3. The summed E-state index contributed by atoms with van der Waals surface area (Å²) in [5.74, 6) is 0.167. The minimum atomic E-state index is -0.589. The van der Waals surface area contributed by atoms with Crippen molar-refractivity contribution in [2.75, 3.05) is 0 Å². The van der Waals surface area contributed by atoms with Crippen LogP contribution in [0.5, 0.6) is 11.5 Å². The van der Waals surface area contributed by atoms with Crippen LogP contribution in [0, 0.1) is 10.1 Å². The fourth-order valence-electron chi connectivity index (χ4n) is 1.41. The van der Waals surface area contributed by atoms with Crippen molar-refractivity contribution < 1.29 is 9.66 Å². The van der Waals surface area contributed by atoms with Crippen molar-refractivity contribution in [3.8, 4) is 11.5 Å². The van der Waals surface area contributed by atoms with E-state index in [9.17, 15) is 10.1 Å². The maximum absolute atomic E-state index is 10.9. The molecule has 19 heavy (non-hydrogen) atoms.